The van der Waals surface area contributed by atoms with Crippen molar-refractivity contribution in [3.05, 3.63) is 62.2 Å². The molecule has 0 saturated carbocycles. The number of ether oxygens (including phenoxy) is 1. The van der Waals surface area contributed by atoms with Crippen molar-refractivity contribution in [3.8, 4) is 5.75 Å². The highest BCUT2D eigenvalue weighted by molar-refractivity contribution is 14.1. The van der Waals surface area contributed by atoms with Gasteiger partial charge in [-0.1, -0.05) is 11.6 Å². The topological polar surface area (TPSA) is 26.3 Å². The van der Waals surface area contributed by atoms with Crippen molar-refractivity contribution >= 4 is 40.0 Å². The van der Waals surface area contributed by atoms with Crippen LogP contribution < -0.4 is 4.74 Å². The number of rotatable bonds is 3. The zero-order chi connectivity index (χ0) is 13.1. The molecule has 2 aromatic carbocycles. The van der Waals surface area contributed by atoms with Gasteiger partial charge in [0, 0.05) is 14.7 Å². The largest absolute Gasteiger partial charge is 0.497 e. The smallest absolute Gasteiger partial charge is 0.194 e. The van der Waals surface area contributed by atoms with E-state index < -0.39 is 0 Å². The average Bonchev–Trinajstić information content (AvgIpc) is 2.38. The van der Waals surface area contributed by atoms with E-state index in [1.807, 2.05) is 12.1 Å². The SMILES string of the molecule is COc1ccc(C(=O)c2ccc(I)cc2)c(Cl)c1. The molecule has 4 heteroatoms. The Morgan fingerprint density at radius 1 is 1.17 bits per heavy atom. The molecule has 0 aliphatic carbocycles. The van der Waals surface area contributed by atoms with Gasteiger partial charge in [-0.15, -0.1) is 0 Å². The van der Waals surface area contributed by atoms with Crippen LogP contribution in [0.5, 0.6) is 5.75 Å². The summed E-state index contributed by atoms with van der Waals surface area (Å²) in [6.07, 6.45) is 0. The van der Waals surface area contributed by atoms with Crippen molar-refractivity contribution in [3.63, 3.8) is 0 Å². The lowest BCUT2D eigenvalue weighted by Crippen LogP contribution is -2.02. The zero-order valence-electron chi connectivity index (χ0n) is 9.61. The van der Waals surface area contributed by atoms with Gasteiger partial charge in [0.05, 0.1) is 12.1 Å². The molecule has 0 amide bonds. The lowest BCUT2D eigenvalue weighted by molar-refractivity contribution is 0.103. The molecule has 0 N–H and O–H groups in total. The Kier molecular flexibility index (Phi) is 4.24. The van der Waals surface area contributed by atoms with E-state index in [-0.39, 0.29) is 5.78 Å². The van der Waals surface area contributed by atoms with Gasteiger partial charge in [-0.2, -0.15) is 0 Å². The van der Waals surface area contributed by atoms with Gasteiger partial charge in [-0.25, -0.2) is 0 Å². The Balaban J connectivity index is 2.37. The normalized spacial score (nSPS) is 10.2. The molecule has 0 saturated heterocycles. The van der Waals surface area contributed by atoms with Crippen LogP contribution in [-0.4, -0.2) is 12.9 Å². The molecule has 0 fully saturated rings. The van der Waals surface area contributed by atoms with Gasteiger partial charge in [0.15, 0.2) is 5.78 Å². The summed E-state index contributed by atoms with van der Waals surface area (Å²) >= 11 is 8.28. The van der Waals surface area contributed by atoms with Crippen molar-refractivity contribution in [2.75, 3.05) is 7.11 Å². The molecule has 18 heavy (non-hydrogen) atoms. The summed E-state index contributed by atoms with van der Waals surface area (Å²) in [4.78, 5) is 12.3. The van der Waals surface area contributed by atoms with Gasteiger partial charge >= 0.3 is 0 Å². The molecule has 0 aliphatic heterocycles. The van der Waals surface area contributed by atoms with Gasteiger partial charge < -0.3 is 4.74 Å². The predicted molar refractivity (Wildman–Crippen MR) is 80.6 cm³/mol. The molecule has 2 aromatic rings. The quantitative estimate of drug-likeness (QED) is 0.597. The van der Waals surface area contributed by atoms with Crippen LogP contribution in [0.15, 0.2) is 42.5 Å². The van der Waals surface area contributed by atoms with Crippen molar-refractivity contribution in [2.24, 2.45) is 0 Å². The van der Waals surface area contributed by atoms with Gasteiger partial charge in [-0.05, 0) is 65.1 Å². The summed E-state index contributed by atoms with van der Waals surface area (Å²) in [6, 6.07) is 12.4. The molecule has 0 bridgehead atoms. The number of hydrogen-bond acceptors (Lipinski definition) is 2. The van der Waals surface area contributed by atoms with Crippen LogP contribution in [0.2, 0.25) is 5.02 Å². The zero-order valence-corrected chi connectivity index (χ0v) is 12.5. The summed E-state index contributed by atoms with van der Waals surface area (Å²) < 4.78 is 6.14. The van der Waals surface area contributed by atoms with Crippen molar-refractivity contribution in [2.45, 2.75) is 0 Å². The Morgan fingerprint density at radius 3 is 2.39 bits per heavy atom. The minimum Gasteiger partial charge on any atom is -0.497 e. The second-order valence-corrected chi connectivity index (χ2v) is 5.33. The molecule has 0 aliphatic rings. The molecule has 0 heterocycles. The summed E-state index contributed by atoms with van der Waals surface area (Å²) in [7, 11) is 1.56. The molecule has 0 spiro atoms. The summed E-state index contributed by atoms with van der Waals surface area (Å²) in [5.41, 5.74) is 1.11. The van der Waals surface area contributed by atoms with Crippen LogP contribution in [0.3, 0.4) is 0 Å². The number of hydrogen-bond donors (Lipinski definition) is 0. The molecular weight excluding hydrogens is 363 g/mol. The van der Waals surface area contributed by atoms with Crippen molar-refractivity contribution in [1.29, 1.82) is 0 Å². The van der Waals surface area contributed by atoms with Crippen LogP contribution >= 0.6 is 34.2 Å². The minimum atomic E-state index is -0.0842. The Hall–Kier alpha value is -1.07. The maximum absolute atomic E-state index is 12.3. The van der Waals surface area contributed by atoms with Gasteiger partial charge in [0.25, 0.3) is 0 Å². The van der Waals surface area contributed by atoms with E-state index in [1.165, 1.54) is 0 Å². The molecule has 0 aromatic heterocycles. The standard InChI is InChI=1S/C14H10ClIO2/c1-18-11-6-7-12(13(15)8-11)14(17)9-2-4-10(16)5-3-9/h2-8H,1H3. The monoisotopic (exact) mass is 372 g/mol. The highest BCUT2D eigenvalue weighted by Crippen LogP contribution is 2.24. The lowest BCUT2D eigenvalue weighted by Gasteiger charge is -2.06. The summed E-state index contributed by atoms with van der Waals surface area (Å²) in [5, 5.41) is 0.401. The fourth-order valence-electron chi connectivity index (χ4n) is 1.56. The Morgan fingerprint density at radius 2 is 1.83 bits per heavy atom. The van der Waals surface area contributed by atoms with Crippen molar-refractivity contribution in [1.82, 2.24) is 0 Å². The van der Waals surface area contributed by atoms with Crippen LogP contribution in [0, 0.1) is 3.57 Å². The minimum absolute atomic E-state index is 0.0842. The first kappa shape index (κ1) is 13.4. The predicted octanol–water partition coefficient (Wildman–Crippen LogP) is 4.18. The van der Waals surface area contributed by atoms with Crippen LogP contribution in [0.1, 0.15) is 15.9 Å². The Labute approximate surface area is 124 Å². The van der Waals surface area contributed by atoms with Crippen LogP contribution in [-0.2, 0) is 0 Å². The third kappa shape index (κ3) is 2.84. The van der Waals surface area contributed by atoms with E-state index in [1.54, 1.807) is 37.4 Å². The molecule has 0 atom stereocenters. The van der Waals surface area contributed by atoms with E-state index in [2.05, 4.69) is 22.6 Å². The maximum atomic E-state index is 12.3. The van der Waals surface area contributed by atoms with E-state index in [0.29, 0.717) is 21.9 Å². The fraction of sp³-hybridized carbons (Fsp3) is 0.0714. The van der Waals surface area contributed by atoms with Gasteiger partial charge in [0.2, 0.25) is 0 Å². The van der Waals surface area contributed by atoms with E-state index in [4.69, 9.17) is 16.3 Å². The van der Waals surface area contributed by atoms with Gasteiger partial charge in [-0.3, -0.25) is 4.79 Å². The van der Waals surface area contributed by atoms with E-state index in [0.717, 1.165) is 3.57 Å². The molecule has 0 radical (unpaired) electrons. The Bertz CT molecular complexity index is 579. The van der Waals surface area contributed by atoms with Crippen LogP contribution in [0.25, 0.3) is 0 Å². The number of carbonyl (C=O) groups is 1. The number of benzene rings is 2. The third-order valence-electron chi connectivity index (χ3n) is 2.53. The molecular formula is C14H10ClIO2. The maximum Gasteiger partial charge on any atom is 0.194 e. The highest BCUT2D eigenvalue weighted by Gasteiger charge is 2.13. The number of ketones is 1. The number of carbonyl (C=O) groups excluding carboxylic acids is 1. The number of methoxy groups -OCH3 is 1. The van der Waals surface area contributed by atoms with Crippen molar-refractivity contribution < 1.29 is 9.53 Å². The van der Waals surface area contributed by atoms with E-state index >= 15 is 0 Å². The first-order valence-corrected chi connectivity index (χ1v) is 6.71. The number of halogens is 2. The molecule has 92 valence electrons. The second-order valence-electron chi connectivity index (χ2n) is 3.68. The lowest BCUT2D eigenvalue weighted by atomic mass is 10.0. The second kappa shape index (κ2) is 5.71. The van der Waals surface area contributed by atoms with Crippen LogP contribution in [0.4, 0.5) is 0 Å². The summed E-state index contributed by atoms with van der Waals surface area (Å²) in [5.74, 6) is 0.554. The molecule has 2 nitrogen and oxygen atoms in total. The first-order valence-electron chi connectivity index (χ1n) is 5.25. The first-order chi connectivity index (χ1) is 8.61. The fourth-order valence-corrected chi connectivity index (χ4v) is 2.18. The van der Waals surface area contributed by atoms with E-state index in [9.17, 15) is 4.79 Å². The molecule has 0 unspecified atom stereocenters. The third-order valence-corrected chi connectivity index (χ3v) is 3.56. The average molecular weight is 373 g/mol. The highest BCUT2D eigenvalue weighted by atomic mass is 127. The van der Waals surface area contributed by atoms with Gasteiger partial charge in [0.1, 0.15) is 5.75 Å². The molecule has 2 rings (SSSR count). The summed E-state index contributed by atoms with van der Waals surface area (Å²) in [6.45, 7) is 0.